The molecule has 34 heavy (non-hydrogen) atoms. The van der Waals surface area contributed by atoms with Crippen LogP contribution >= 0.6 is 46.4 Å². The fourth-order valence-electron chi connectivity index (χ4n) is 3.63. The van der Waals surface area contributed by atoms with E-state index in [4.69, 9.17) is 51.1 Å². The second-order valence-electron chi connectivity index (χ2n) is 7.53. The molecule has 11 heteroatoms. The fraction of sp³-hybridized carbons (Fsp3) is 0.174. The van der Waals surface area contributed by atoms with Crippen LogP contribution < -0.4 is 14.9 Å². The van der Waals surface area contributed by atoms with Gasteiger partial charge < -0.3 is 10.2 Å². The highest BCUT2D eigenvalue weighted by atomic mass is 35.5. The van der Waals surface area contributed by atoms with Gasteiger partial charge in [-0.05, 0) is 47.5 Å². The van der Waals surface area contributed by atoms with Crippen LogP contribution in [0.3, 0.4) is 0 Å². The maximum atomic E-state index is 13.3. The molecule has 0 aromatic heterocycles. The SMILES string of the molecule is COc1ccc(C2CC(C(NS(=O)(=O)c3cccc(Cl)c3Cl)c3ccc(Cl)cc3Cl)=NN2)cc1. The zero-order valence-electron chi connectivity index (χ0n) is 17.7. The minimum Gasteiger partial charge on any atom is -0.497 e. The molecule has 0 aliphatic carbocycles. The molecule has 1 aliphatic rings. The van der Waals surface area contributed by atoms with E-state index in [1.54, 1.807) is 25.3 Å². The lowest BCUT2D eigenvalue weighted by Gasteiger charge is -2.21. The van der Waals surface area contributed by atoms with Crippen LogP contribution in [0.2, 0.25) is 20.1 Å². The number of methoxy groups -OCH3 is 1. The molecule has 0 amide bonds. The molecule has 178 valence electrons. The van der Waals surface area contributed by atoms with Gasteiger partial charge in [0.2, 0.25) is 10.0 Å². The van der Waals surface area contributed by atoms with Crippen molar-refractivity contribution < 1.29 is 13.2 Å². The predicted octanol–water partition coefficient (Wildman–Crippen LogP) is 6.42. The summed E-state index contributed by atoms with van der Waals surface area (Å²) >= 11 is 24.8. The van der Waals surface area contributed by atoms with Crippen LogP contribution in [0.5, 0.6) is 5.75 Å². The number of nitrogens with one attached hydrogen (secondary N) is 2. The van der Waals surface area contributed by atoms with Gasteiger partial charge in [0, 0.05) is 16.5 Å². The lowest BCUT2D eigenvalue weighted by atomic mass is 9.96. The third kappa shape index (κ3) is 5.30. The molecular formula is C23H19Cl4N3O3S. The third-order valence-corrected chi connectivity index (χ3v) is 8.34. The van der Waals surface area contributed by atoms with Crippen LogP contribution in [-0.4, -0.2) is 21.2 Å². The standard InChI is InChI=1S/C23H19Cl4N3O3S/c1-33-15-8-5-13(6-9-15)19-12-20(29-28-19)23(16-10-7-14(24)11-18(16)26)30-34(31,32)21-4-2-3-17(25)22(21)27/h2-11,19,23,28,30H,12H2,1H3. The number of halogens is 4. The minimum absolute atomic E-state index is 0.0692. The van der Waals surface area contributed by atoms with Crippen molar-refractivity contribution in [3.63, 3.8) is 0 Å². The van der Waals surface area contributed by atoms with Crippen LogP contribution in [0.1, 0.15) is 29.6 Å². The van der Waals surface area contributed by atoms with Gasteiger partial charge >= 0.3 is 0 Å². The van der Waals surface area contributed by atoms with E-state index < -0.39 is 16.1 Å². The highest BCUT2D eigenvalue weighted by molar-refractivity contribution is 7.89. The first-order chi connectivity index (χ1) is 16.2. The molecule has 0 spiro atoms. The molecule has 0 bridgehead atoms. The quantitative estimate of drug-likeness (QED) is 0.350. The van der Waals surface area contributed by atoms with E-state index in [0.717, 1.165) is 11.3 Å². The summed E-state index contributed by atoms with van der Waals surface area (Å²) in [6.45, 7) is 0. The Morgan fingerprint density at radius 3 is 2.44 bits per heavy atom. The van der Waals surface area contributed by atoms with Gasteiger partial charge in [-0.25, -0.2) is 8.42 Å². The molecule has 3 aromatic carbocycles. The average Bonchev–Trinajstić information content (AvgIpc) is 3.30. The highest BCUT2D eigenvalue weighted by Gasteiger charge is 2.33. The van der Waals surface area contributed by atoms with Crippen molar-refractivity contribution in [3.8, 4) is 5.75 Å². The largest absolute Gasteiger partial charge is 0.497 e. The number of hydrazone groups is 1. The molecule has 2 N–H and O–H groups in total. The molecular weight excluding hydrogens is 540 g/mol. The van der Waals surface area contributed by atoms with Gasteiger partial charge in [0.25, 0.3) is 0 Å². The second kappa shape index (κ2) is 10.3. The minimum atomic E-state index is -4.10. The molecule has 4 rings (SSSR count). The van der Waals surface area contributed by atoms with Crippen molar-refractivity contribution in [3.05, 3.63) is 91.9 Å². The normalized spacial score (nSPS) is 16.6. The van der Waals surface area contributed by atoms with E-state index in [1.807, 2.05) is 24.3 Å². The van der Waals surface area contributed by atoms with E-state index in [9.17, 15) is 8.42 Å². The zero-order chi connectivity index (χ0) is 24.5. The van der Waals surface area contributed by atoms with E-state index in [-0.39, 0.29) is 21.0 Å². The van der Waals surface area contributed by atoms with Gasteiger partial charge in [-0.1, -0.05) is 70.7 Å². The Balaban J connectivity index is 1.68. The highest BCUT2D eigenvalue weighted by Crippen LogP contribution is 2.35. The first-order valence-electron chi connectivity index (χ1n) is 10.1. The summed E-state index contributed by atoms with van der Waals surface area (Å²) in [7, 11) is -2.50. The Morgan fingerprint density at radius 1 is 1.03 bits per heavy atom. The van der Waals surface area contributed by atoms with E-state index in [2.05, 4.69) is 15.2 Å². The number of hydrogen-bond acceptors (Lipinski definition) is 5. The predicted molar refractivity (Wildman–Crippen MR) is 137 cm³/mol. The lowest BCUT2D eigenvalue weighted by Crippen LogP contribution is -2.34. The number of rotatable bonds is 7. The van der Waals surface area contributed by atoms with Crippen LogP contribution in [0.15, 0.2) is 70.7 Å². The Bertz CT molecular complexity index is 1350. The molecule has 3 aromatic rings. The number of hydrogen-bond donors (Lipinski definition) is 2. The Hall–Kier alpha value is -2.00. The van der Waals surface area contributed by atoms with Gasteiger partial charge in [0.05, 0.1) is 35.0 Å². The Kier molecular flexibility index (Phi) is 7.62. The molecule has 0 fully saturated rings. The van der Waals surface area contributed by atoms with Gasteiger partial charge in [-0.2, -0.15) is 9.82 Å². The summed E-state index contributed by atoms with van der Waals surface area (Å²) in [6, 6.07) is 15.8. The Labute approximate surface area is 217 Å². The molecule has 1 aliphatic heterocycles. The topological polar surface area (TPSA) is 79.8 Å². The lowest BCUT2D eigenvalue weighted by molar-refractivity contribution is 0.414. The fourth-order valence-corrected chi connectivity index (χ4v) is 6.11. The van der Waals surface area contributed by atoms with Gasteiger partial charge in [0.15, 0.2) is 0 Å². The molecule has 6 nitrogen and oxygen atoms in total. The van der Waals surface area contributed by atoms with E-state index in [1.165, 1.54) is 18.2 Å². The van der Waals surface area contributed by atoms with Gasteiger partial charge in [0.1, 0.15) is 10.6 Å². The van der Waals surface area contributed by atoms with Crippen LogP contribution in [-0.2, 0) is 10.0 Å². The molecule has 1 heterocycles. The van der Waals surface area contributed by atoms with Crippen LogP contribution in [0.25, 0.3) is 0 Å². The van der Waals surface area contributed by atoms with Gasteiger partial charge in [-0.15, -0.1) is 0 Å². The zero-order valence-corrected chi connectivity index (χ0v) is 21.6. The van der Waals surface area contributed by atoms with E-state index >= 15 is 0 Å². The van der Waals surface area contributed by atoms with Crippen molar-refractivity contribution in [2.75, 3.05) is 7.11 Å². The first-order valence-corrected chi connectivity index (χ1v) is 13.1. The van der Waals surface area contributed by atoms with Crippen molar-refractivity contribution in [1.82, 2.24) is 10.1 Å². The maximum absolute atomic E-state index is 13.3. The monoisotopic (exact) mass is 557 g/mol. The second-order valence-corrected chi connectivity index (χ2v) is 10.8. The Morgan fingerprint density at radius 2 is 1.76 bits per heavy atom. The van der Waals surface area contributed by atoms with E-state index in [0.29, 0.717) is 27.7 Å². The number of nitrogens with zero attached hydrogens (tertiary/aromatic N) is 1. The van der Waals surface area contributed by atoms with Gasteiger partial charge in [-0.3, -0.25) is 0 Å². The number of benzene rings is 3. The summed E-state index contributed by atoms with van der Waals surface area (Å²) in [5, 5.41) is 5.24. The number of sulfonamides is 1. The number of ether oxygens (including phenoxy) is 1. The average molecular weight is 559 g/mol. The summed E-state index contributed by atoms with van der Waals surface area (Å²) in [4.78, 5) is -0.144. The molecule has 2 unspecified atom stereocenters. The summed E-state index contributed by atoms with van der Waals surface area (Å²) in [5.41, 5.74) is 5.11. The third-order valence-electron chi connectivity index (χ3n) is 5.38. The van der Waals surface area contributed by atoms with Crippen LogP contribution in [0.4, 0.5) is 0 Å². The van der Waals surface area contributed by atoms with Crippen molar-refractivity contribution in [1.29, 1.82) is 0 Å². The first kappa shape index (κ1) is 25.1. The molecule has 0 saturated heterocycles. The summed E-state index contributed by atoms with van der Waals surface area (Å²) in [6.07, 6.45) is 0.432. The van der Waals surface area contributed by atoms with Crippen molar-refractivity contribution >= 4 is 62.1 Å². The van der Waals surface area contributed by atoms with Crippen molar-refractivity contribution in [2.45, 2.75) is 23.4 Å². The van der Waals surface area contributed by atoms with Crippen LogP contribution in [0, 0.1) is 0 Å². The maximum Gasteiger partial charge on any atom is 0.243 e. The summed E-state index contributed by atoms with van der Waals surface area (Å²) in [5.74, 6) is 0.736. The van der Waals surface area contributed by atoms with Crippen molar-refractivity contribution in [2.24, 2.45) is 5.10 Å². The summed E-state index contributed by atoms with van der Waals surface area (Å²) < 4.78 is 34.6. The smallest absolute Gasteiger partial charge is 0.243 e. The molecule has 0 saturated carbocycles. The molecule has 0 radical (unpaired) electrons. The molecule has 2 atom stereocenters.